The molecule has 0 radical (unpaired) electrons. The van der Waals surface area contributed by atoms with E-state index in [-0.39, 0.29) is 0 Å². The van der Waals surface area contributed by atoms with Gasteiger partial charge in [-0.05, 0) is 31.7 Å². The van der Waals surface area contributed by atoms with E-state index in [9.17, 15) is 0 Å². The van der Waals surface area contributed by atoms with Crippen LogP contribution in [-0.4, -0.2) is 35.6 Å². The van der Waals surface area contributed by atoms with Gasteiger partial charge in [0, 0.05) is 6.54 Å². The van der Waals surface area contributed by atoms with Crippen molar-refractivity contribution in [1.29, 1.82) is 0 Å². The lowest BCUT2D eigenvalue weighted by atomic mass is 10.3. The number of nitrogens with zero attached hydrogens (tertiary/aromatic N) is 2. The highest BCUT2D eigenvalue weighted by molar-refractivity contribution is 5.81. The van der Waals surface area contributed by atoms with Crippen LogP contribution < -0.4 is 5.73 Å². The van der Waals surface area contributed by atoms with Crippen molar-refractivity contribution in [3.63, 3.8) is 0 Å². The van der Waals surface area contributed by atoms with Gasteiger partial charge in [-0.3, -0.25) is 4.90 Å². The lowest BCUT2D eigenvalue weighted by Crippen LogP contribution is -2.35. The zero-order valence-electron chi connectivity index (χ0n) is 8.24. The van der Waals surface area contributed by atoms with Gasteiger partial charge < -0.3 is 10.9 Å². The van der Waals surface area contributed by atoms with Crippen LogP contribution >= 0.6 is 0 Å². The average Bonchev–Trinajstić information content (AvgIpc) is 2.88. The molecular weight excluding hydrogens is 166 g/mol. The molecule has 1 aliphatic rings. The quantitative estimate of drug-likeness (QED) is 0.279. The highest BCUT2D eigenvalue weighted by atomic mass is 16.4. The molecule has 1 saturated carbocycles. The number of nitrogens with two attached hydrogens (primary N) is 1. The van der Waals surface area contributed by atoms with Gasteiger partial charge in [0.15, 0.2) is 5.84 Å². The van der Waals surface area contributed by atoms with Gasteiger partial charge >= 0.3 is 0 Å². The van der Waals surface area contributed by atoms with E-state index in [1.807, 2.05) is 0 Å². The van der Waals surface area contributed by atoms with Crippen LogP contribution in [0.25, 0.3) is 0 Å². The summed E-state index contributed by atoms with van der Waals surface area (Å²) in [6, 6.07) is 0. The molecule has 0 bridgehead atoms. The summed E-state index contributed by atoms with van der Waals surface area (Å²) >= 11 is 0. The predicted molar refractivity (Wildman–Crippen MR) is 52.9 cm³/mol. The predicted octanol–water partition coefficient (Wildman–Crippen LogP) is 0.855. The number of amidine groups is 1. The highest BCUT2D eigenvalue weighted by Gasteiger charge is 2.24. The van der Waals surface area contributed by atoms with Crippen LogP contribution in [0.2, 0.25) is 0 Å². The maximum atomic E-state index is 8.44. The van der Waals surface area contributed by atoms with E-state index in [0.717, 1.165) is 25.4 Å². The topological polar surface area (TPSA) is 61.8 Å². The van der Waals surface area contributed by atoms with E-state index in [4.69, 9.17) is 10.9 Å². The third-order valence-electron chi connectivity index (χ3n) is 2.27. The van der Waals surface area contributed by atoms with E-state index in [1.54, 1.807) is 0 Å². The number of hydrogen-bond acceptors (Lipinski definition) is 3. The van der Waals surface area contributed by atoms with Gasteiger partial charge in [0.1, 0.15) is 0 Å². The summed E-state index contributed by atoms with van der Waals surface area (Å²) < 4.78 is 0. The first-order valence-corrected chi connectivity index (χ1v) is 4.95. The average molecular weight is 185 g/mol. The van der Waals surface area contributed by atoms with Gasteiger partial charge in [0.25, 0.3) is 0 Å². The number of hydrogen-bond donors (Lipinski definition) is 2. The molecule has 3 N–H and O–H groups in total. The zero-order valence-corrected chi connectivity index (χ0v) is 8.24. The van der Waals surface area contributed by atoms with Crippen molar-refractivity contribution in [2.24, 2.45) is 16.8 Å². The summed E-state index contributed by atoms with van der Waals surface area (Å²) in [4.78, 5) is 2.26. The van der Waals surface area contributed by atoms with Crippen molar-refractivity contribution >= 4 is 5.84 Å². The maximum Gasteiger partial charge on any atom is 0.153 e. The third kappa shape index (κ3) is 4.12. The Bertz CT molecular complexity index is 178. The van der Waals surface area contributed by atoms with Gasteiger partial charge in [-0.2, -0.15) is 0 Å². The summed E-state index contributed by atoms with van der Waals surface area (Å²) in [6.07, 6.45) is 3.80. The molecule has 0 spiro atoms. The summed E-state index contributed by atoms with van der Waals surface area (Å²) in [5.41, 5.74) is 5.46. The number of rotatable bonds is 6. The highest BCUT2D eigenvalue weighted by Crippen LogP contribution is 2.29. The fraction of sp³-hybridized carbons (Fsp3) is 0.889. The Morgan fingerprint density at radius 2 is 2.31 bits per heavy atom. The van der Waals surface area contributed by atoms with Gasteiger partial charge in [-0.15, -0.1) is 0 Å². The van der Waals surface area contributed by atoms with Crippen molar-refractivity contribution in [2.45, 2.75) is 26.2 Å². The van der Waals surface area contributed by atoms with Gasteiger partial charge in [0.05, 0.1) is 6.54 Å². The molecule has 0 amide bonds. The van der Waals surface area contributed by atoms with E-state index >= 15 is 0 Å². The van der Waals surface area contributed by atoms with Crippen molar-refractivity contribution in [2.75, 3.05) is 19.6 Å². The summed E-state index contributed by atoms with van der Waals surface area (Å²) in [6.45, 7) is 4.88. The van der Waals surface area contributed by atoms with E-state index in [2.05, 4.69) is 17.0 Å². The first kappa shape index (κ1) is 10.3. The SMILES string of the molecule is CCCN(CC(N)=NO)CC1CC1. The van der Waals surface area contributed by atoms with Gasteiger partial charge in [0.2, 0.25) is 0 Å². The van der Waals surface area contributed by atoms with E-state index in [0.29, 0.717) is 12.4 Å². The monoisotopic (exact) mass is 185 g/mol. The van der Waals surface area contributed by atoms with Crippen LogP contribution in [0.5, 0.6) is 0 Å². The summed E-state index contributed by atoms with van der Waals surface area (Å²) in [5, 5.41) is 11.4. The van der Waals surface area contributed by atoms with Crippen molar-refractivity contribution in [3.05, 3.63) is 0 Å². The molecule has 1 rings (SSSR count). The van der Waals surface area contributed by atoms with Crippen LogP contribution in [0.1, 0.15) is 26.2 Å². The fourth-order valence-corrected chi connectivity index (χ4v) is 1.48. The minimum absolute atomic E-state index is 0.314. The molecule has 0 heterocycles. The molecule has 4 heteroatoms. The standard InChI is InChI=1S/C9H19N3O/c1-2-5-12(6-8-3-4-8)7-9(10)11-13/h8,13H,2-7H2,1H3,(H2,10,11). The molecule has 0 aromatic carbocycles. The van der Waals surface area contributed by atoms with Crippen LogP contribution in [0.4, 0.5) is 0 Å². The Labute approximate surface area is 79.4 Å². The Morgan fingerprint density at radius 1 is 1.62 bits per heavy atom. The lowest BCUT2D eigenvalue weighted by molar-refractivity contribution is 0.283. The second-order valence-corrected chi connectivity index (χ2v) is 3.77. The van der Waals surface area contributed by atoms with Crippen molar-refractivity contribution < 1.29 is 5.21 Å². The Balaban J connectivity index is 2.27. The Morgan fingerprint density at radius 3 is 2.77 bits per heavy atom. The molecule has 0 unspecified atom stereocenters. The second-order valence-electron chi connectivity index (χ2n) is 3.77. The molecule has 1 aliphatic carbocycles. The summed E-state index contributed by atoms with van der Waals surface area (Å²) in [5.74, 6) is 1.17. The van der Waals surface area contributed by atoms with Crippen molar-refractivity contribution in [1.82, 2.24) is 4.90 Å². The largest absolute Gasteiger partial charge is 0.409 e. The Kier molecular flexibility index (Phi) is 4.02. The van der Waals surface area contributed by atoms with Crippen LogP contribution in [0.3, 0.4) is 0 Å². The molecule has 1 fully saturated rings. The summed E-state index contributed by atoms with van der Waals surface area (Å²) in [7, 11) is 0. The van der Waals surface area contributed by atoms with E-state index in [1.165, 1.54) is 12.8 Å². The molecule has 0 aromatic heterocycles. The Hall–Kier alpha value is -0.770. The van der Waals surface area contributed by atoms with Gasteiger partial charge in [-0.25, -0.2) is 0 Å². The minimum atomic E-state index is 0.314. The first-order chi connectivity index (χ1) is 6.26. The molecular formula is C9H19N3O. The minimum Gasteiger partial charge on any atom is -0.409 e. The molecule has 0 atom stereocenters. The van der Waals surface area contributed by atoms with E-state index < -0.39 is 0 Å². The van der Waals surface area contributed by atoms with Crippen LogP contribution in [-0.2, 0) is 0 Å². The van der Waals surface area contributed by atoms with Gasteiger partial charge in [-0.1, -0.05) is 12.1 Å². The molecule has 4 nitrogen and oxygen atoms in total. The molecule has 76 valence electrons. The third-order valence-corrected chi connectivity index (χ3v) is 2.27. The smallest absolute Gasteiger partial charge is 0.153 e. The van der Waals surface area contributed by atoms with Crippen molar-refractivity contribution in [3.8, 4) is 0 Å². The number of oxime groups is 1. The van der Waals surface area contributed by atoms with Crippen LogP contribution in [0, 0.1) is 5.92 Å². The normalized spacial score (nSPS) is 18.2. The lowest BCUT2D eigenvalue weighted by Gasteiger charge is -2.20. The second kappa shape index (κ2) is 5.07. The zero-order chi connectivity index (χ0) is 9.68. The fourth-order valence-electron chi connectivity index (χ4n) is 1.48. The maximum absolute atomic E-state index is 8.44. The van der Waals surface area contributed by atoms with Crippen LogP contribution in [0.15, 0.2) is 5.16 Å². The molecule has 0 aliphatic heterocycles. The molecule has 0 saturated heterocycles. The molecule has 13 heavy (non-hydrogen) atoms. The first-order valence-electron chi connectivity index (χ1n) is 4.95. The molecule has 0 aromatic rings.